The lowest BCUT2D eigenvalue weighted by atomic mass is 10.2. The van der Waals surface area contributed by atoms with Crippen molar-refractivity contribution in [3.8, 4) is 0 Å². The van der Waals surface area contributed by atoms with Crippen molar-refractivity contribution in [2.75, 3.05) is 16.8 Å². The summed E-state index contributed by atoms with van der Waals surface area (Å²) >= 11 is 1.35. The minimum Gasteiger partial charge on any atom is -0.333 e. The number of anilines is 2. The molecule has 6 nitrogen and oxygen atoms in total. The number of benzene rings is 1. The predicted molar refractivity (Wildman–Crippen MR) is 86.2 cm³/mol. The Balaban J connectivity index is 1.59. The molecule has 0 aliphatic carbocycles. The van der Waals surface area contributed by atoms with E-state index in [2.05, 4.69) is 15.6 Å². The second-order valence-electron chi connectivity index (χ2n) is 5.18. The summed E-state index contributed by atoms with van der Waals surface area (Å²) in [5, 5.41) is 7.79. The Morgan fingerprint density at radius 2 is 2.14 bits per heavy atom. The van der Waals surface area contributed by atoms with Gasteiger partial charge in [0.25, 0.3) is 0 Å². The number of rotatable bonds is 3. The molecule has 3 rings (SSSR count). The van der Waals surface area contributed by atoms with Gasteiger partial charge in [-0.1, -0.05) is 17.7 Å². The lowest BCUT2D eigenvalue weighted by molar-refractivity contribution is -0.117. The molecule has 0 unspecified atom stereocenters. The third-order valence-corrected chi connectivity index (χ3v) is 4.15. The van der Waals surface area contributed by atoms with Crippen LogP contribution < -0.4 is 15.5 Å². The van der Waals surface area contributed by atoms with Crippen LogP contribution in [-0.2, 0) is 4.79 Å². The zero-order valence-electron chi connectivity index (χ0n) is 12.1. The third-order valence-electron chi connectivity index (χ3n) is 3.46. The first-order valence-corrected chi connectivity index (χ1v) is 7.84. The summed E-state index contributed by atoms with van der Waals surface area (Å²) in [7, 11) is 0. The van der Waals surface area contributed by atoms with Crippen molar-refractivity contribution in [1.82, 2.24) is 10.3 Å². The fraction of sp³-hybridized carbons (Fsp3) is 0.267. The highest BCUT2D eigenvalue weighted by Crippen LogP contribution is 2.22. The van der Waals surface area contributed by atoms with Crippen molar-refractivity contribution >= 4 is 34.1 Å². The Bertz CT molecular complexity index is 669. The van der Waals surface area contributed by atoms with Gasteiger partial charge in [-0.2, -0.15) is 0 Å². The topological polar surface area (TPSA) is 74.3 Å². The summed E-state index contributed by atoms with van der Waals surface area (Å²) in [6.45, 7) is 2.48. The molecule has 1 saturated heterocycles. The van der Waals surface area contributed by atoms with Crippen LogP contribution in [0.15, 0.2) is 35.8 Å². The maximum Gasteiger partial charge on any atom is 0.321 e. The van der Waals surface area contributed by atoms with Gasteiger partial charge in [-0.05, 0) is 19.1 Å². The molecule has 0 bridgehead atoms. The molecule has 22 heavy (non-hydrogen) atoms. The van der Waals surface area contributed by atoms with E-state index in [0.717, 1.165) is 11.3 Å². The van der Waals surface area contributed by atoms with Gasteiger partial charge in [-0.15, -0.1) is 11.3 Å². The van der Waals surface area contributed by atoms with Crippen LogP contribution in [-0.4, -0.2) is 29.5 Å². The van der Waals surface area contributed by atoms with Crippen LogP contribution >= 0.6 is 11.3 Å². The highest BCUT2D eigenvalue weighted by atomic mass is 32.1. The lowest BCUT2D eigenvalue weighted by Crippen LogP contribution is -2.39. The standard InChI is InChI=1S/C15H16N4O2S/c1-10-2-4-12(5-3-10)19-9-11(8-13(19)20)17-14(21)18-15-16-6-7-22-15/h2-7,11H,8-9H2,1H3,(H2,16,17,18,21)/t11-/m0/s1. The van der Waals surface area contributed by atoms with Gasteiger partial charge in [0, 0.05) is 30.2 Å². The number of thiazole rings is 1. The normalized spacial score (nSPS) is 17.6. The van der Waals surface area contributed by atoms with E-state index in [9.17, 15) is 9.59 Å². The third kappa shape index (κ3) is 3.25. The van der Waals surface area contributed by atoms with Gasteiger partial charge in [-0.25, -0.2) is 9.78 Å². The van der Waals surface area contributed by atoms with E-state index < -0.39 is 0 Å². The van der Waals surface area contributed by atoms with Gasteiger partial charge in [0.05, 0.1) is 6.04 Å². The average Bonchev–Trinajstić information content (AvgIpc) is 3.10. The van der Waals surface area contributed by atoms with Gasteiger partial charge >= 0.3 is 6.03 Å². The second kappa shape index (κ2) is 6.15. The van der Waals surface area contributed by atoms with Crippen molar-refractivity contribution in [3.05, 3.63) is 41.4 Å². The minimum absolute atomic E-state index is 0.0170. The Kier molecular flexibility index (Phi) is 4.06. The number of aryl methyl sites for hydroxylation is 1. The number of hydrogen-bond donors (Lipinski definition) is 2. The van der Waals surface area contributed by atoms with Crippen LogP contribution in [0.25, 0.3) is 0 Å². The van der Waals surface area contributed by atoms with E-state index in [0.29, 0.717) is 18.1 Å². The molecule has 1 fully saturated rings. The Morgan fingerprint density at radius 1 is 1.36 bits per heavy atom. The van der Waals surface area contributed by atoms with Crippen molar-refractivity contribution in [2.24, 2.45) is 0 Å². The molecular weight excluding hydrogens is 300 g/mol. The molecule has 114 valence electrons. The first-order valence-electron chi connectivity index (χ1n) is 6.96. The predicted octanol–water partition coefficient (Wildman–Crippen LogP) is 2.38. The Hall–Kier alpha value is -2.41. The first kappa shape index (κ1) is 14.5. The summed E-state index contributed by atoms with van der Waals surface area (Å²) in [5.74, 6) is 0.0170. The van der Waals surface area contributed by atoms with E-state index in [4.69, 9.17) is 0 Å². The zero-order chi connectivity index (χ0) is 15.5. The molecule has 2 N–H and O–H groups in total. The van der Waals surface area contributed by atoms with Crippen molar-refractivity contribution < 1.29 is 9.59 Å². The molecule has 0 spiro atoms. The van der Waals surface area contributed by atoms with Gasteiger partial charge < -0.3 is 10.2 Å². The van der Waals surface area contributed by atoms with Crippen molar-refractivity contribution in [1.29, 1.82) is 0 Å². The maximum atomic E-state index is 12.1. The minimum atomic E-state index is -0.335. The maximum absolute atomic E-state index is 12.1. The van der Waals surface area contributed by atoms with Crippen LogP contribution in [0.4, 0.5) is 15.6 Å². The van der Waals surface area contributed by atoms with E-state index in [-0.39, 0.29) is 18.0 Å². The number of amides is 3. The molecule has 2 heterocycles. The SMILES string of the molecule is Cc1ccc(N2C[C@@H](NC(=O)Nc3nccs3)CC2=O)cc1. The van der Waals surface area contributed by atoms with E-state index in [1.54, 1.807) is 16.5 Å². The number of nitrogens with zero attached hydrogens (tertiary/aromatic N) is 2. The van der Waals surface area contributed by atoms with E-state index >= 15 is 0 Å². The van der Waals surface area contributed by atoms with Crippen molar-refractivity contribution in [2.45, 2.75) is 19.4 Å². The molecule has 2 aromatic rings. The highest BCUT2D eigenvalue weighted by molar-refractivity contribution is 7.13. The van der Waals surface area contributed by atoms with E-state index in [1.807, 2.05) is 31.2 Å². The monoisotopic (exact) mass is 316 g/mol. The molecule has 7 heteroatoms. The van der Waals surface area contributed by atoms with Gasteiger partial charge in [-0.3, -0.25) is 10.1 Å². The van der Waals surface area contributed by atoms with Crippen LogP contribution in [0.1, 0.15) is 12.0 Å². The smallest absolute Gasteiger partial charge is 0.321 e. The molecule has 1 atom stereocenters. The van der Waals surface area contributed by atoms with Crippen molar-refractivity contribution in [3.63, 3.8) is 0 Å². The molecular formula is C15H16N4O2S. The number of aromatic nitrogens is 1. The van der Waals surface area contributed by atoms with Crippen LogP contribution in [0.3, 0.4) is 0 Å². The molecule has 1 aromatic carbocycles. The number of carbonyl (C=O) groups is 2. The van der Waals surface area contributed by atoms with Crippen LogP contribution in [0.2, 0.25) is 0 Å². The molecule has 0 radical (unpaired) electrons. The largest absolute Gasteiger partial charge is 0.333 e. The number of hydrogen-bond acceptors (Lipinski definition) is 4. The van der Waals surface area contributed by atoms with Gasteiger partial charge in [0.15, 0.2) is 5.13 Å². The number of carbonyl (C=O) groups excluding carboxylic acids is 2. The lowest BCUT2D eigenvalue weighted by Gasteiger charge is -2.17. The molecule has 1 aliphatic rings. The van der Waals surface area contributed by atoms with Crippen LogP contribution in [0, 0.1) is 6.92 Å². The summed E-state index contributed by atoms with van der Waals surface area (Å²) in [4.78, 5) is 29.7. The second-order valence-corrected chi connectivity index (χ2v) is 6.07. The first-order chi connectivity index (χ1) is 10.6. The quantitative estimate of drug-likeness (QED) is 0.913. The Labute approximate surface area is 132 Å². The number of urea groups is 1. The average molecular weight is 316 g/mol. The fourth-order valence-corrected chi connectivity index (χ4v) is 2.91. The fourth-order valence-electron chi connectivity index (χ4n) is 2.38. The summed E-state index contributed by atoms with van der Waals surface area (Å²) in [6, 6.07) is 7.25. The summed E-state index contributed by atoms with van der Waals surface area (Å²) in [5.41, 5.74) is 2.01. The van der Waals surface area contributed by atoms with Gasteiger partial charge in [0.2, 0.25) is 5.91 Å². The molecule has 1 aliphatic heterocycles. The number of nitrogens with one attached hydrogen (secondary N) is 2. The van der Waals surface area contributed by atoms with E-state index in [1.165, 1.54) is 11.3 Å². The Morgan fingerprint density at radius 3 is 2.82 bits per heavy atom. The van der Waals surface area contributed by atoms with Crippen LogP contribution in [0.5, 0.6) is 0 Å². The molecule has 3 amide bonds. The molecule has 1 aromatic heterocycles. The highest BCUT2D eigenvalue weighted by Gasteiger charge is 2.31. The van der Waals surface area contributed by atoms with Gasteiger partial charge in [0.1, 0.15) is 0 Å². The summed E-state index contributed by atoms with van der Waals surface area (Å²) < 4.78 is 0. The molecule has 0 saturated carbocycles. The zero-order valence-corrected chi connectivity index (χ0v) is 12.9. The summed E-state index contributed by atoms with van der Waals surface area (Å²) in [6.07, 6.45) is 1.93.